The van der Waals surface area contributed by atoms with Crippen molar-refractivity contribution in [3.8, 4) is 17.2 Å². The maximum absolute atomic E-state index is 12.7. The Morgan fingerprint density at radius 2 is 1.91 bits per heavy atom. The first-order chi connectivity index (χ1) is 10.5. The van der Waals surface area contributed by atoms with Crippen molar-refractivity contribution in [2.24, 2.45) is 5.10 Å². The van der Waals surface area contributed by atoms with Crippen LogP contribution in [0.4, 0.5) is 4.39 Å². The highest BCUT2D eigenvalue weighted by atomic mass is 19.1. The fraction of sp³-hybridized carbons (Fsp3) is 0.0667. The lowest BCUT2D eigenvalue weighted by molar-refractivity contribution is -0.123. The zero-order valence-corrected chi connectivity index (χ0v) is 11.4. The van der Waals surface area contributed by atoms with Gasteiger partial charge in [-0.15, -0.1) is 0 Å². The molecule has 2 aromatic rings. The summed E-state index contributed by atoms with van der Waals surface area (Å²) in [6.07, 6.45) is 1.30. The van der Waals surface area contributed by atoms with E-state index in [0.717, 1.165) is 0 Å². The van der Waals surface area contributed by atoms with Gasteiger partial charge in [-0.2, -0.15) is 5.10 Å². The normalized spacial score (nSPS) is 10.6. The number of carbonyl (C=O) groups is 1. The molecule has 0 spiro atoms. The highest BCUT2D eigenvalue weighted by Gasteiger charge is 2.02. The summed E-state index contributed by atoms with van der Waals surface area (Å²) in [5.41, 5.74) is 2.73. The zero-order chi connectivity index (χ0) is 15.9. The Morgan fingerprint density at radius 1 is 1.18 bits per heavy atom. The molecule has 2 rings (SSSR count). The number of halogens is 1. The van der Waals surface area contributed by atoms with Crippen LogP contribution in [0.25, 0.3) is 0 Å². The number of phenols is 2. The van der Waals surface area contributed by atoms with Gasteiger partial charge < -0.3 is 14.9 Å². The van der Waals surface area contributed by atoms with Crippen LogP contribution in [0.3, 0.4) is 0 Å². The lowest BCUT2D eigenvalue weighted by atomic mass is 10.2. The van der Waals surface area contributed by atoms with Gasteiger partial charge in [0.25, 0.3) is 5.91 Å². The topological polar surface area (TPSA) is 91.2 Å². The summed E-state index contributed by atoms with van der Waals surface area (Å²) < 4.78 is 17.8. The Kier molecular flexibility index (Phi) is 4.92. The Morgan fingerprint density at radius 3 is 2.59 bits per heavy atom. The molecule has 2 aromatic carbocycles. The van der Waals surface area contributed by atoms with Gasteiger partial charge in [0, 0.05) is 0 Å². The second-order valence-electron chi connectivity index (χ2n) is 4.28. The highest BCUT2D eigenvalue weighted by Crippen LogP contribution is 2.23. The van der Waals surface area contributed by atoms with E-state index in [4.69, 9.17) is 9.84 Å². The van der Waals surface area contributed by atoms with E-state index >= 15 is 0 Å². The molecule has 0 aromatic heterocycles. The number of hydrogen-bond donors (Lipinski definition) is 3. The molecule has 22 heavy (non-hydrogen) atoms. The van der Waals surface area contributed by atoms with Crippen molar-refractivity contribution in [3.05, 3.63) is 53.8 Å². The number of hydrogen-bond acceptors (Lipinski definition) is 5. The lowest BCUT2D eigenvalue weighted by Gasteiger charge is -2.04. The van der Waals surface area contributed by atoms with Crippen molar-refractivity contribution < 1.29 is 24.1 Å². The minimum absolute atomic E-state index is 0.242. The average Bonchev–Trinajstić information content (AvgIpc) is 2.50. The lowest BCUT2D eigenvalue weighted by Crippen LogP contribution is -2.24. The van der Waals surface area contributed by atoms with Gasteiger partial charge in [0.2, 0.25) is 0 Å². The fourth-order valence-corrected chi connectivity index (χ4v) is 1.51. The molecular weight excluding hydrogens is 291 g/mol. The van der Waals surface area contributed by atoms with E-state index in [0.29, 0.717) is 11.3 Å². The monoisotopic (exact) mass is 304 g/mol. The number of nitrogens with zero attached hydrogens (tertiary/aromatic N) is 1. The molecular formula is C15H13FN2O4. The molecule has 0 bridgehead atoms. The average molecular weight is 304 g/mol. The molecule has 0 aliphatic heterocycles. The molecule has 6 nitrogen and oxygen atoms in total. The van der Waals surface area contributed by atoms with Gasteiger partial charge >= 0.3 is 0 Å². The predicted octanol–water partition coefficient (Wildman–Crippen LogP) is 1.77. The molecule has 3 N–H and O–H groups in total. The van der Waals surface area contributed by atoms with Gasteiger partial charge in [-0.3, -0.25) is 4.79 Å². The summed E-state index contributed by atoms with van der Waals surface area (Å²) in [6, 6.07) is 9.37. The number of ether oxygens (including phenoxy) is 1. The first-order valence-corrected chi connectivity index (χ1v) is 6.27. The van der Waals surface area contributed by atoms with Gasteiger partial charge in [-0.25, -0.2) is 9.82 Å². The van der Waals surface area contributed by atoms with Crippen LogP contribution in [0.5, 0.6) is 17.2 Å². The molecule has 0 aliphatic carbocycles. The van der Waals surface area contributed by atoms with E-state index in [1.807, 2.05) is 0 Å². The third-order valence-electron chi connectivity index (χ3n) is 2.59. The van der Waals surface area contributed by atoms with Gasteiger partial charge in [0.1, 0.15) is 11.6 Å². The number of rotatable bonds is 5. The van der Waals surface area contributed by atoms with Crippen LogP contribution < -0.4 is 10.2 Å². The molecule has 1 amide bonds. The first-order valence-electron chi connectivity index (χ1n) is 6.27. The maximum Gasteiger partial charge on any atom is 0.277 e. The molecule has 0 atom stereocenters. The molecule has 114 valence electrons. The number of amides is 1. The van der Waals surface area contributed by atoms with Crippen LogP contribution in [-0.4, -0.2) is 28.9 Å². The van der Waals surface area contributed by atoms with Gasteiger partial charge in [-0.05, 0) is 48.0 Å². The Labute approximate surface area is 125 Å². The fourth-order valence-electron chi connectivity index (χ4n) is 1.51. The molecule has 0 saturated heterocycles. The van der Waals surface area contributed by atoms with E-state index in [9.17, 15) is 14.3 Å². The van der Waals surface area contributed by atoms with E-state index in [2.05, 4.69) is 10.5 Å². The maximum atomic E-state index is 12.7. The number of nitrogens with one attached hydrogen (secondary N) is 1. The van der Waals surface area contributed by atoms with E-state index in [1.165, 1.54) is 48.7 Å². The highest BCUT2D eigenvalue weighted by molar-refractivity contribution is 5.83. The van der Waals surface area contributed by atoms with Crippen LogP contribution in [0, 0.1) is 5.82 Å². The summed E-state index contributed by atoms with van der Waals surface area (Å²) in [6.45, 7) is -0.274. The first kappa shape index (κ1) is 15.3. The van der Waals surface area contributed by atoms with Crippen molar-refractivity contribution in [2.75, 3.05) is 6.61 Å². The van der Waals surface area contributed by atoms with Crippen molar-refractivity contribution in [1.82, 2.24) is 5.43 Å². The smallest absolute Gasteiger partial charge is 0.277 e. The van der Waals surface area contributed by atoms with Gasteiger partial charge in [0.05, 0.1) is 6.21 Å². The van der Waals surface area contributed by atoms with Gasteiger partial charge in [0.15, 0.2) is 18.1 Å². The molecule has 0 fully saturated rings. The SMILES string of the molecule is O=C(COc1ccc(F)cc1)NN=Cc1ccc(O)c(O)c1. The van der Waals surface area contributed by atoms with Crippen LogP contribution >= 0.6 is 0 Å². The number of hydrazone groups is 1. The minimum atomic E-state index is -0.497. The summed E-state index contributed by atoms with van der Waals surface area (Å²) in [5.74, 6) is -1.05. The van der Waals surface area contributed by atoms with E-state index < -0.39 is 11.7 Å². The van der Waals surface area contributed by atoms with Crippen LogP contribution in [0.2, 0.25) is 0 Å². The second kappa shape index (κ2) is 7.07. The second-order valence-corrected chi connectivity index (χ2v) is 4.28. The predicted molar refractivity (Wildman–Crippen MR) is 77.4 cm³/mol. The summed E-state index contributed by atoms with van der Waals surface area (Å²) in [7, 11) is 0. The van der Waals surface area contributed by atoms with Crippen molar-refractivity contribution in [1.29, 1.82) is 0 Å². The third-order valence-corrected chi connectivity index (χ3v) is 2.59. The van der Waals surface area contributed by atoms with Crippen LogP contribution in [0.15, 0.2) is 47.6 Å². The van der Waals surface area contributed by atoms with Crippen LogP contribution in [-0.2, 0) is 4.79 Å². The molecule has 0 saturated carbocycles. The van der Waals surface area contributed by atoms with Gasteiger partial charge in [-0.1, -0.05) is 0 Å². The Bertz CT molecular complexity index is 686. The summed E-state index contributed by atoms with van der Waals surface area (Å²) >= 11 is 0. The zero-order valence-electron chi connectivity index (χ0n) is 11.4. The molecule has 0 radical (unpaired) electrons. The number of phenolic OH excluding ortho intramolecular Hbond substituents is 2. The van der Waals surface area contributed by atoms with Crippen LogP contribution in [0.1, 0.15) is 5.56 Å². The largest absolute Gasteiger partial charge is 0.504 e. The van der Waals surface area contributed by atoms with E-state index in [1.54, 1.807) is 0 Å². The molecule has 0 aliphatic rings. The quantitative estimate of drug-likeness (QED) is 0.446. The molecule has 7 heteroatoms. The third kappa shape index (κ3) is 4.48. The van der Waals surface area contributed by atoms with Crippen molar-refractivity contribution in [2.45, 2.75) is 0 Å². The molecule has 0 heterocycles. The standard InChI is InChI=1S/C15H13FN2O4/c16-11-2-4-12(5-3-11)22-9-15(21)18-17-8-10-1-6-13(19)14(20)7-10/h1-8,19-20H,9H2,(H,18,21). The van der Waals surface area contributed by atoms with Crippen molar-refractivity contribution >= 4 is 12.1 Å². The number of aromatic hydroxyl groups is 2. The minimum Gasteiger partial charge on any atom is -0.504 e. The number of benzene rings is 2. The Balaban J connectivity index is 1.80. The Hall–Kier alpha value is -3.09. The molecule has 0 unspecified atom stereocenters. The summed E-state index contributed by atoms with van der Waals surface area (Å²) in [4.78, 5) is 11.5. The number of carbonyl (C=O) groups excluding carboxylic acids is 1. The van der Waals surface area contributed by atoms with E-state index in [-0.39, 0.29) is 18.1 Å². The van der Waals surface area contributed by atoms with Crippen molar-refractivity contribution in [3.63, 3.8) is 0 Å². The summed E-state index contributed by atoms with van der Waals surface area (Å²) in [5, 5.41) is 22.1.